The van der Waals surface area contributed by atoms with Crippen molar-refractivity contribution in [1.82, 2.24) is 4.90 Å². The molecule has 148 valence electrons. The van der Waals surface area contributed by atoms with E-state index in [9.17, 15) is 14.0 Å². The molecule has 2 aromatic rings. The highest BCUT2D eigenvalue weighted by Gasteiger charge is 2.33. The molecule has 6 nitrogen and oxygen atoms in total. The molecule has 1 atom stereocenters. The molecule has 0 aromatic heterocycles. The highest BCUT2D eigenvalue weighted by molar-refractivity contribution is 8.00. The average Bonchev–Trinajstić information content (AvgIpc) is 3.06. The lowest BCUT2D eigenvalue weighted by atomic mass is 10.1. The zero-order chi connectivity index (χ0) is 20.1. The summed E-state index contributed by atoms with van der Waals surface area (Å²) in [5.74, 6) is 0.831. The quantitative estimate of drug-likeness (QED) is 0.766. The van der Waals surface area contributed by atoms with Gasteiger partial charge in [0.1, 0.15) is 11.2 Å². The Bertz CT molecular complexity index is 877. The number of hydrogen-bond acceptors (Lipinski definition) is 5. The molecule has 0 saturated carbocycles. The molecule has 1 aliphatic heterocycles. The second kappa shape index (κ2) is 8.97. The standard InChI is InChI=1S/C20H21FN2O4S/c1-26-16-7-6-13(10-17(16)27-2)20-23(19(25)12-28-20)9-8-18(24)22-15-5-3-4-14(21)11-15/h3-7,10-11,20H,8-9,12H2,1-2H3,(H,22,24)/t20-/m1/s1. The number of nitrogens with one attached hydrogen (secondary N) is 1. The van der Waals surface area contributed by atoms with Gasteiger partial charge in [-0.05, 0) is 35.9 Å². The number of ether oxygens (including phenoxy) is 2. The number of benzene rings is 2. The van der Waals surface area contributed by atoms with E-state index < -0.39 is 5.82 Å². The van der Waals surface area contributed by atoms with Gasteiger partial charge in [-0.3, -0.25) is 9.59 Å². The van der Waals surface area contributed by atoms with Gasteiger partial charge in [0.15, 0.2) is 11.5 Å². The number of rotatable bonds is 7. The van der Waals surface area contributed by atoms with Gasteiger partial charge in [0.05, 0.1) is 20.0 Å². The van der Waals surface area contributed by atoms with Crippen LogP contribution in [0.25, 0.3) is 0 Å². The van der Waals surface area contributed by atoms with E-state index in [2.05, 4.69) is 5.32 Å². The number of methoxy groups -OCH3 is 2. The fraction of sp³-hybridized carbons (Fsp3) is 0.300. The maximum Gasteiger partial charge on any atom is 0.233 e. The van der Waals surface area contributed by atoms with Crippen LogP contribution in [0.5, 0.6) is 11.5 Å². The van der Waals surface area contributed by atoms with Crippen molar-refractivity contribution in [3.8, 4) is 11.5 Å². The average molecular weight is 404 g/mol. The van der Waals surface area contributed by atoms with Crippen LogP contribution in [0.2, 0.25) is 0 Å². The van der Waals surface area contributed by atoms with Crippen LogP contribution in [0.4, 0.5) is 10.1 Å². The minimum absolute atomic E-state index is 0.0247. The van der Waals surface area contributed by atoms with Crippen molar-refractivity contribution in [1.29, 1.82) is 0 Å². The van der Waals surface area contributed by atoms with Gasteiger partial charge >= 0.3 is 0 Å². The van der Waals surface area contributed by atoms with Crippen molar-refractivity contribution in [2.24, 2.45) is 0 Å². The van der Waals surface area contributed by atoms with Gasteiger partial charge < -0.3 is 19.7 Å². The summed E-state index contributed by atoms with van der Waals surface area (Å²) in [5.41, 5.74) is 1.29. The molecular weight excluding hydrogens is 383 g/mol. The van der Waals surface area contributed by atoms with E-state index >= 15 is 0 Å². The normalized spacial score (nSPS) is 16.2. The van der Waals surface area contributed by atoms with Gasteiger partial charge in [-0.2, -0.15) is 0 Å². The minimum Gasteiger partial charge on any atom is -0.493 e. The number of anilines is 1. The lowest BCUT2D eigenvalue weighted by Crippen LogP contribution is -2.31. The van der Waals surface area contributed by atoms with Crippen LogP contribution < -0.4 is 14.8 Å². The molecule has 3 rings (SSSR count). The summed E-state index contributed by atoms with van der Waals surface area (Å²) in [7, 11) is 3.12. The molecule has 2 aromatic carbocycles. The van der Waals surface area contributed by atoms with E-state index in [1.54, 1.807) is 31.3 Å². The second-order valence-corrected chi connectivity index (χ2v) is 7.24. The van der Waals surface area contributed by atoms with Crippen molar-refractivity contribution >= 4 is 29.3 Å². The lowest BCUT2D eigenvalue weighted by Gasteiger charge is -2.24. The number of thioether (sulfide) groups is 1. The Morgan fingerprint density at radius 3 is 2.71 bits per heavy atom. The molecule has 0 bridgehead atoms. The minimum atomic E-state index is -0.419. The monoisotopic (exact) mass is 404 g/mol. The molecule has 2 amide bonds. The van der Waals surface area contributed by atoms with Crippen LogP contribution in [0, 0.1) is 5.82 Å². The van der Waals surface area contributed by atoms with Gasteiger partial charge in [0.25, 0.3) is 0 Å². The fourth-order valence-corrected chi connectivity index (χ4v) is 4.20. The third kappa shape index (κ3) is 4.56. The van der Waals surface area contributed by atoms with Crippen LogP contribution in [0.15, 0.2) is 42.5 Å². The Labute approximate surface area is 167 Å². The molecule has 1 N–H and O–H groups in total. The molecular formula is C20H21FN2O4S. The third-order valence-corrected chi connectivity index (χ3v) is 5.60. The van der Waals surface area contributed by atoms with Crippen molar-refractivity contribution in [2.45, 2.75) is 11.8 Å². The number of carbonyl (C=O) groups excluding carboxylic acids is 2. The van der Waals surface area contributed by atoms with Crippen LogP contribution in [-0.2, 0) is 9.59 Å². The van der Waals surface area contributed by atoms with Crippen LogP contribution in [0.3, 0.4) is 0 Å². The van der Waals surface area contributed by atoms with E-state index in [1.807, 2.05) is 12.1 Å². The molecule has 0 radical (unpaired) electrons. The molecule has 8 heteroatoms. The smallest absolute Gasteiger partial charge is 0.233 e. The van der Waals surface area contributed by atoms with E-state index in [-0.39, 0.29) is 30.2 Å². The maximum absolute atomic E-state index is 13.2. The predicted octanol–water partition coefficient (Wildman–Crippen LogP) is 3.45. The first-order chi connectivity index (χ1) is 13.5. The number of halogens is 1. The Kier molecular flexibility index (Phi) is 6.41. The fourth-order valence-electron chi connectivity index (χ4n) is 2.99. The van der Waals surface area contributed by atoms with Crippen LogP contribution in [0.1, 0.15) is 17.4 Å². The Morgan fingerprint density at radius 2 is 2.00 bits per heavy atom. The number of carbonyl (C=O) groups is 2. The Morgan fingerprint density at radius 1 is 1.21 bits per heavy atom. The zero-order valence-electron chi connectivity index (χ0n) is 15.6. The SMILES string of the molecule is COc1ccc([C@H]2SCC(=O)N2CCC(=O)Nc2cccc(F)c2)cc1OC. The van der Waals surface area contributed by atoms with E-state index in [0.29, 0.717) is 22.9 Å². The first-order valence-electron chi connectivity index (χ1n) is 8.70. The van der Waals surface area contributed by atoms with Crippen molar-refractivity contribution in [3.05, 3.63) is 53.8 Å². The summed E-state index contributed by atoms with van der Waals surface area (Å²) in [6.07, 6.45) is 0.118. The Hall–Kier alpha value is -2.74. The largest absolute Gasteiger partial charge is 0.493 e. The molecule has 1 fully saturated rings. The van der Waals surface area contributed by atoms with Crippen molar-refractivity contribution in [3.63, 3.8) is 0 Å². The summed E-state index contributed by atoms with van der Waals surface area (Å²) in [6, 6.07) is 11.2. The molecule has 28 heavy (non-hydrogen) atoms. The molecule has 0 aliphatic carbocycles. The summed E-state index contributed by atoms with van der Waals surface area (Å²) in [6.45, 7) is 0.270. The number of amides is 2. The molecule has 0 unspecified atom stereocenters. The predicted molar refractivity (Wildman–Crippen MR) is 106 cm³/mol. The van der Waals surface area contributed by atoms with Gasteiger partial charge in [-0.25, -0.2) is 4.39 Å². The van der Waals surface area contributed by atoms with Crippen molar-refractivity contribution in [2.75, 3.05) is 31.8 Å². The van der Waals surface area contributed by atoms with E-state index in [1.165, 1.54) is 30.0 Å². The zero-order valence-corrected chi connectivity index (χ0v) is 16.4. The van der Waals surface area contributed by atoms with E-state index in [4.69, 9.17) is 9.47 Å². The summed E-state index contributed by atoms with van der Waals surface area (Å²) < 4.78 is 23.8. The first kappa shape index (κ1) is 20.0. The van der Waals surface area contributed by atoms with Crippen LogP contribution >= 0.6 is 11.8 Å². The van der Waals surface area contributed by atoms with Crippen LogP contribution in [-0.4, -0.2) is 43.2 Å². The maximum atomic E-state index is 13.2. The highest BCUT2D eigenvalue weighted by Crippen LogP contribution is 2.41. The third-order valence-electron chi connectivity index (χ3n) is 4.35. The molecule has 0 spiro atoms. The van der Waals surface area contributed by atoms with Gasteiger partial charge in [0, 0.05) is 18.7 Å². The Balaban J connectivity index is 1.66. The number of hydrogen-bond donors (Lipinski definition) is 1. The first-order valence-corrected chi connectivity index (χ1v) is 9.75. The molecule has 1 heterocycles. The van der Waals surface area contributed by atoms with Gasteiger partial charge in [0.2, 0.25) is 11.8 Å². The van der Waals surface area contributed by atoms with E-state index in [0.717, 1.165) is 5.56 Å². The van der Waals surface area contributed by atoms with Gasteiger partial charge in [-0.1, -0.05) is 12.1 Å². The topological polar surface area (TPSA) is 67.9 Å². The number of nitrogens with zero attached hydrogens (tertiary/aromatic N) is 1. The molecule has 1 aliphatic rings. The summed E-state index contributed by atoms with van der Waals surface area (Å²) in [4.78, 5) is 26.2. The highest BCUT2D eigenvalue weighted by atomic mass is 32.2. The van der Waals surface area contributed by atoms with Crippen molar-refractivity contribution < 1.29 is 23.5 Å². The lowest BCUT2D eigenvalue weighted by molar-refractivity contribution is -0.128. The summed E-state index contributed by atoms with van der Waals surface area (Å²) in [5, 5.41) is 2.45. The molecule has 1 saturated heterocycles. The summed E-state index contributed by atoms with van der Waals surface area (Å²) >= 11 is 1.50. The second-order valence-electron chi connectivity index (χ2n) is 6.17. The van der Waals surface area contributed by atoms with Gasteiger partial charge in [-0.15, -0.1) is 11.8 Å².